The van der Waals surface area contributed by atoms with Crippen molar-refractivity contribution in [3.63, 3.8) is 0 Å². The molecule has 5 heteroatoms. The molecule has 4 bridgehead atoms. The average molecular weight is 468 g/mol. The maximum absolute atomic E-state index is 12.2. The van der Waals surface area contributed by atoms with Gasteiger partial charge in [-0.2, -0.15) is 0 Å². The minimum atomic E-state index is -0.909. The number of hydrogen-bond acceptors (Lipinski definition) is 5. The third kappa shape index (κ3) is 2.25. The summed E-state index contributed by atoms with van der Waals surface area (Å²) < 4.78 is 13.5. The number of fused-ring (bicyclic) bond motifs is 2. The lowest BCUT2D eigenvalue weighted by atomic mass is 9.33. The Labute approximate surface area is 203 Å². The second kappa shape index (κ2) is 6.33. The van der Waals surface area contributed by atoms with Gasteiger partial charge < -0.3 is 19.7 Å². The zero-order valence-corrected chi connectivity index (χ0v) is 21.5. The van der Waals surface area contributed by atoms with Crippen LogP contribution in [-0.4, -0.2) is 58.7 Å². The lowest BCUT2D eigenvalue weighted by molar-refractivity contribution is -0.312. The van der Waals surface area contributed by atoms with Crippen LogP contribution in [0.5, 0.6) is 11.5 Å². The van der Waals surface area contributed by atoms with Gasteiger partial charge in [0, 0.05) is 42.0 Å². The van der Waals surface area contributed by atoms with Crippen LogP contribution in [0.1, 0.15) is 77.3 Å². The Morgan fingerprint density at radius 3 is 2.59 bits per heavy atom. The molecule has 7 atom stereocenters. The topological polar surface area (TPSA) is 62.2 Å². The first-order valence-electron chi connectivity index (χ1n) is 13.6. The molecular formula is C29H41NO4. The first-order chi connectivity index (χ1) is 16.0. The maximum Gasteiger partial charge on any atom is 0.165 e. The number of nitrogens with zero attached hydrogens (tertiary/aromatic N) is 1. The highest BCUT2D eigenvalue weighted by atomic mass is 16.6. The number of phenolic OH excluding ortho intramolecular Hbond substituents is 1. The van der Waals surface area contributed by atoms with Gasteiger partial charge in [-0.1, -0.05) is 26.8 Å². The summed E-state index contributed by atoms with van der Waals surface area (Å²) in [6.45, 7) is 10.8. The molecule has 0 amide bonds. The molecule has 1 unspecified atom stereocenters. The van der Waals surface area contributed by atoms with Crippen molar-refractivity contribution in [2.24, 2.45) is 22.7 Å². The molecule has 5 nitrogen and oxygen atoms in total. The quantitative estimate of drug-likeness (QED) is 0.687. The van der Waals surface area contributed by atoms with E-state index in [4.69, 9.17) is 9.47 Å². The van der Waals surface area contributed by atoms with E-state index < -0.39 is 11.2 Å². The van der Waals surface area contributed by atoms with Gasteiger partial charge in [-0.15, -0.1) is 0 Å². The van der Waals surface area contributed by atoms with Crippen LogP contribution in [0.2, 0.25) is 0 Å². The van der Waals surface area contributed by atoms with Gasteiger partial charge in [0.05, 0.1) is 5.60 Å². The second-order valence-corrected chi connectivity index (χ2v) is 13.8. The lowest BCUT2D eigenvalue weighted by Crippen LogP contribution is -2.83. The van der Waals surface area contributed by atoms with Crippen molar-refractivity contribution in [3.8, 4) is 11.5 Å². The van der Waals surface area contributed by atoms with Gasteiger partial charge in [-0.3, -0.25) is 4.90 Å². The molecule has 2 aliphatic heterocycles. The van der Waals surface area contributed by atoms with Gasteiger partial charge in [0.25, 0.3) is 0 Å². The standard InChI is InChI=1S/C29H41NO4/c1-25(2,3)26(4,32)20-15-27-10-11-29(20,33-5)24-28(27)12-13-30(16-17-6-7-17)21(27)14-18-8-9-19(31)23(34-24)22(18)28/h8-9,17,20-21,24,31-32H,6-7,10-16H2,1-5H3/t20-,21-,24?,26-,27-,28+,29-/m0/s1. The number of ether oxygens (including phenoxy) is 2. The normalized spacial score (nSPS) is 43.9. The number of rotatable bonds is 4. The molecule has 8 rings (SSSR count). The summed E-state index contributed by atoms with van der Waals surface area (Å²) in [7, 11) is 1.83. The van der Waals surface area contributed by atoms with Crippen LogP contribution in [0.15, 0.2) is 12.1 Å². The average Bonchev–Trinajstić information content (AvgIpc) is 3.53. The highest BCUT2D eigenvalue weighted by Crippen LogP contribution is 2.78. The first-order valence-corrected chi connectivity index (χ1v) is 13.6. The largest absolute Gasteiger partial charge is 0.504 e. The zero-order valence-electron chi connectivity index (χ0n) is 21.5. The van der Waals surface area contributed by atoms with E-state index >= 15 is 0 Å². The number of phenols is 1. The molecule has 4 saturated carbocycles. The van der Waals surface area contributed by atoms with Crippen LogP contribution in [0.4, 0.5) is 0 Å². The van der Waals surface area contributed by atoms with E-state index in [-0.39, 0.29) is 34.0 Å². The van der Waals surface area contributed by atoms with Crippen molar-refractivity contribution in [2.75, 3.05) is 20.2 Å². The summed E-state index contributed by atoms with van der Waals surface area (Å²) in [5.41, 5.74) is 0.783. The Kier molecular flexibility index (Phi) is 4.08. The zero-order chi connectivity index (χ0) is 23.9. The Morgan fingerprint density at radius 2 is 1.91 bits per heavy atom. The SMILES string of the molecule is CO[C@@]12CC[C@]3(C[C@H]1[C@](C)(O)C(C)(C)C)[C@@H]1Cc4ccc(O)c5c4[C@]3(CCN1CC1CC1)C2O5. The number of piperidine rings is 1. The van der Waals surface area contributed by atoms with E-state index in [0.29, 0.717) is 11.8 Å². The molecule has 5 aliphatic carbocycles. The predicted molar refractivity (Wildman–Crippen MR) is 130 cm³/mol. The molecule has 34 heavy (non-hydrogen) atoms. The fourth-order valence-electron chi connectivity index (χ4n) is 9.58. The molecule has 2 spiro atoms. The van der Waals surface area contributed by atoms with Gasteiger partial charge in [0.2, 0.25) is 0 Å². The van der Waals surface area contributed by atoms with E-state index in [9.17, 15) is 10.2 Å². The van der Waals surface area contributed by atoms with Gasteiger partial charge in [-0.25, -0.2) is 0 Å². The van der Waals surface area contributed by atoms with E-state index in [1.165, 1.54) is 30.5 Å². The van der Waals surface area contributed by atoms with Gasteiger partial charge in [0.15, 0.2) is 11.5 Å². The van der Waals surface area contributed by atoms with Crippen LogP contribution >= 0.6 is 0 Å². The summed E-state index contributed by atoms with van der Waals surface area (Å²) in [6, 6.07) is 4.46. The number of aromatic hydroxyl groups is 1. The minimum absolute atomic E-state index is 0.0294. The van der Waals surface area contributed by atoms with E-state index in [2.05, 4.69) is 31.7 Å². The molecule has 1 saturated heterocycles. The van der Waals surface area contributed by atoms with Crippen molar-refractivity contribution < 1.29 is 19.7 Å². The van der Waals surface area contributed by atoms with Crippen molar-refractivity contribution in [1.82, 2.24) is 4.90 Å². The molecule has 186 valence electrons. The Bertz CT molecular complexity index is 1060. The summed E-state index contributed by atoms with van der Waals surface area (Å²) in [5.74, 6) is 1.80. The predicted octanol–water partition coefficient (Wildman–Crippen LogP) is 4.41. The van der Waals surface area contributed by atoms with E-state index in [1.807, 2.05) is 20.1 Å². The van der Waals surface area contributed by atoms with Crippen molar-refractivity contribution in [1.29, 1.82) is 0 Å². The monoisotopic (exact) mass is 467 g/mol. The fraction of sp³-hybridized carbons (Fsp3) is 0.793. The molecular weight excluding hydrogens is 426 g/mol. The van der Waals surface area contributed by atoms with Gasteiger partial charge >= 0.3 is 0 Å². The van der Waals surface area contributed by atoms with E-state index in [1.54, 1.807) is 0 Å². The van der Waals surface area contributed by atoms with Gasteiger partial charge in [-0.05, 0) is 81.4 Å². The van der Waals surface area contributed by atoms with Crippen molar-refractivity contribution in [3.05, 3.63) is 23.3 Å². The molecule has 0 aromatic heterocycles. The third-order valence-corrected chi connectivity index (χ3v) is 11.9. The Hall–Kier alpha value is -1.30. The summed E-state index contributed by atoms with van der Waals surface area (Å²) >= 11 is 0. The number of benzene rings is 1. The van der Waals surface area contributed by atoms with Crippen LogP contribution in [0.3, 0.4) is 0 Å². The molecule has 1 aromatic rings. The minimum Gasteiger partial charge on any atom is -0.504 e. The fourth-order valence-corrected chi connectivity index (χ4v) is 9.58. The molecule has 2 heterocycles. The smallest absolute Gasteiger partial charge is 0.165 e. The van der Waals surface area contributed by atoms with E-state index in [0.717, 1.165) is 44.6 Å². The van der Waals surface area contributed by atoms with Crippen molar-refractivity contribution >= 4 is 0 Å². The number of methoxy groups -OCH3 is 1. The Morgan fingerprint density at radius 1 is 1.15 bits per heavy atom. The van der Waals surface area contributed by atoms with Crippen LogP contribution in [0, 0.1) is 22.7 Å². The molecule has 5 fully saturated rings. The van der Waals surface area contributed by atoms with Crippen LogP contribution in [-0.2, 0) is 16.6 Å². The second-order valence-electron chi connectivity index (χ2n) is 13.8. The van der Waals surface area contributed by atoms with Gasteiger partial charge in [0.1, 0.15) is 11.7 Å². The number of hydrogen-bond donors (Lipinski definition) is 2. The number of aliphatic hydroxyl groups is 1. The Balaban J connectivity index is 1.47. The molecule has 0 radical (unpaired) electrons. The molecule has 2 N–H and O–H groups in total. The lowest BCUT2D eigenvalue weighted by Gasteiger charge is -2.75. The maximum atomic E-state index is 12.2. The summed E-state index contributed by atoms with van der Waals surface area (Å²) in [4.78, 5) is 2.82. The molecule has 7 aliphatic rings. The third-order valence-electron chi connectivity index (χ3n) is 11.9. The van der Waals surface area contributed by atoms with Crippen LogP contribution < -0.4 is 4.74 Å². The summed E-state index contributed by atoms with van der Waals surface area (Å²) in [6.07, 6.45) is 7.64. The van der Waals surface area contributed by atoms with Crippen LogP contribution in [0.25, 0.3) is 0 Å². The molecule has 1 aromatic carbocycles. The first kappa shape index (κ1) is 21.9. The highest BCUT2D eigenvalue weighted by molar-refractivity contribution is 5.63. The number of likely N-dealkylation sites (tertiary alicyclic amines) is 1. The highest BCUT2D eigenvalue weighted by Gasteiger charge is 2.82. The van der Waals surface area contributed by atoms with Crippen molar-refractivity contribution in [2.45, 2.75) is 101 Å². The summed E-state index contributed by atoms with van der Waals surface area (Å²) in [5, 5.41) is 23.2.